The summed E-state index contributed by atoms with van der Waals surface area (Å²) in [6.07, 6.45) is 22.3. The summed E-state index contributed by atoms with van der Waals surface area (Å²) in [5.74, 6) is 0. The van der Waals surface area contributed by atoms with Gasteiger partial charge in [0.05, 0.1) is 6.26 Å². The van der Waals surface area contributed by atoms with Crippen LogP contribution in [0.3, 0.4) is 0 Å². The lowest BCUT2D eigenvalue weighted by Gasteiger charge is -1.91. The highest BCUT2D eigenvalue weighted by Gasteiger charge is 1.84. The number of rotatable bonds is 0. The quantitative estimate of drug-likeness (QED) is 0.675. The second-order valence-electron chi connectivity index (χ2n) is 3.44. The Balaban J connectivity index is 2.78. The molecule has 0 aromatic carbocycles. The smallest absolute Gasteiger partial charge is 0.141 e. The van der Waals surface area contributed by atoms with E-state index in [2.05, 4.69) is 9.98 Å². The lowest BCUT2D eigenvalue weighted by molar-refractivity contribution is 0.290. The minimum atomic E-state index is 0.290. The number of ether oxygens (including phenoxy) is 1. The van der Waals surface area contributed by atoms with Crippen LogP contribution in [0.15, 0.2) is 82.8 Å². The van der Waals surface area contributed by atoms with E-state index in [1.165, 1.54) is 6.21 Å². The predicted octanol–water partition coefficient (Wildman–Crippen LogP) is 3.26. The number of allylic oxidation sites excluding steroid dienone is 9. The fourth-order valence-electron chi connectivity index (χ4n) is 1.08. The first kappa shape index (κ1) is 15.1. The highest BCUT2D eigenvalue weighted by atomic mass is 16.5. The van der Waals surface area contributed by atoms with Crippen molar-refractivity contribution in [2.75, 3.05) is 6.61 Å². The molecule has 0 N–H and O–H groups in total. The normalized spacial score (nSPS) is 29.9. The van der Waals surface area contributed by atoms with Gasteiger partial charge in [0, 0.05) is 18.6 Å². The van der Waals surface area contributed by atoms with Crippen molar-refractivity contribution in [3.05, 3.63) is 72.8 Å². The van der Waals surface area contributed by atoms with Crippen LogP contribution in [0.25, 0.3) is 0 Å². The van der Waals surface area contributed by atoms with Crippen molar-refractivity contribution in [1.82, 2.24) is 0 Å². The van der Waals surface area contributed by atoms with Crippen LogP contribution in [-0.2, 0) is 4.74 Å². The number of nitriles is 1. The van der Waals surface area contributed by atoms with Gasteiger partial charge >= 0.3 is 0 Å². The molecule has 20 heavy (non-hydrogen) atoms. The molecule has 1 heterocycles. The van der Waals surface area contributed by atoms with Crippen molar-refractivity contribution in [1.29, 1.82) is 5.26 Å². The fourth-order valence-corrected chi connectivity index (χ4v) is 1.08. The summed E-state index contributed by atoms with van der Waals surface area (Å²) < 4.78 is 5.22. The first-order valence-corrected chi connectivity index (χ1v) is 6.03. The Labute approximate surface area is 118 Å². The molecular formula is C16H15N3O. The van der Waals surface area contributed by atoms with Gasteiger partial charge in [0.1, 0.15) is 18.4 Å². The molecule has 0 spiro atoms. The molecule has 1 aliphatic heterocycles. The Morgan fingerprint density at radius 2 is 1.85 bits per heavy atom. The third-order valence-electron chi connectivity index (χ3n) is 1.96. The number of hydrogen-bond donors (Lipinski definition) is 0. The van der Waals surface area contributed by atoms with Crippen LogP contribution in [-0.4, -0.2) is 19.0 Å². The maximum atomic E-state index is 8.86. The van der Waals surface area contributed by atoms with Crippen LogP contribution in [0.5, 0.6) is 0 Å². The second-order valence-corrected chi connectivity index (χ2v) is 3.44. The molecule has 4 heteroatoms. The van der Waals surface area contributed by atoms with Crippen LogP contribution in [0.4, 0.5) is 0 Å². The van der Waals surface area contributed by atoms with Gasteiger partial charge in [0.2, 0.25) is 0 Å². The van der Waals surface area contributed by atoms with Gasteiger partial charge in [-0.1, -0.05) is 24.3 Å². The van der Waals surface area contributed by atoms with Gasteiger partial charge in [0.25, 0.3) is 0 Å². The fraction of sp³-hybridized carbons (Fsp3) is 0.0625. The summed E-state index contributed by atoms with van der Waals surface area (Å²) in [5, 5.41) is 8.86. The predicted molar refractivity (Wildman–Crippen MR) is 82.3 cm³/mol. The standard InChI is InChI=1S/C16H15N3O/c17-15-16-9-12-18-10-5-1-3-7-13-20-14-8-4-2-6-11-19-16/h1-13H,14H2/b3-1-,6-2-,8-4-,10-5-,13-7-,16-9-,18-12-,19-11+. The highest BCUT2D eigenvalue weighted by molar-refractivity contribution is 5.77. The zero-order valence-electron chi connectivity index (χ0n) is 11.0. The molecule has 0 atom stereocenters. The van der Waals surface area contributed by atoms with E-state index in [1.807, 2.05) is 36.4 Å². The Kier molecular flexibility index (Phi) is 8.45. The van der Waals surface area contributed by atoms with E-state index in [4.69, 9.17) is 10.00 Å². The molecule has 0 aliphatic carbocycles. The van der Waals surface area contributed by atoms with Gasteiger partial charge in [-0.05, 0) is 30.4 Å². The maximum Gasteiger partial charge on any atom is 0.141 e. The van der Waals surface area contributed by atoms with E-state index in [0.29, 0.717) is 12.3 Å². The van der Waals surface area contributed by atoms with Gasteiger partial charge in [-0.2, -0.15) is 5.26 Å². The third-order valence-corrected chi connectivity index (χ3v) is 1.96. The first-order valence-electron chi connectivity index (χ1n) is 6.03. The number of hydrogen-bond acceptors (Lipinski definition) is 4. The van der Waals surface area contributed by atoms with Crippen molar-refractivity contribution >= 4 is 12.4 Å². The lowest BCUT2D eigenvalue weighted by atomic mass is 10.4. The molecule has 0 radical (unpaired) electrons. The van der Waals surface area contributed by atoms with Crippen molar-refractivity contribution in [2.45, 2.75) is 0 Å². The maximum absolute atomic E-state index is 8.86. The Bertz CT molecular complexity index is 553. The molecule has 1 rings (SSSR count). The highest BCUT2D eigenvalue weighted by Crippen LogP contribution is 1.92. The molecule has 0 aromatic rings. The summed E-state index contributed by atoms with van der Waals surface area (Å²) in [7, 11) is 0. The van der Waals surface area contributed by atoms with Gasteiger partial charge in [0.15, 0.2) is 0 Å². The summed E-state index contributed by atoms with van der Waals surface area (Å²) in [6.45, 7) is 0.495. The minimum absolute atomic E-state index is 0.290. The van der Waals surface area contributed by atoms with Crippen LogP contribution < -0.4 is 0 Å². The Morgan fingerprint density at radius 1 is 1.00 bits per heavy atom. The molecule has 4 nitrogen and oxygen atoms in total. The van der Waals surface area contributed by atoms with Crippen LogP contribution >= 0.6 is 0 Å². The molecule has 0 bridgehead atoms. The van der Waals surface area contributed by atoms with Crippen molar-refractivity contribution in [3.8, 4) is 6.07 Å². The first-order chi connectivity index (χ1) is 9.93. The summed E-state index contributed by atoms with van der Waals surface area (Å²) in [6, 6.07) is 1.98. The Morgan fingerprint density at radius 3 is 2.75 bits per heavy atom. The van der Waals surface area contributed by atoms with E-state index in [-0.39, 0.29) is 0 Å². The number of nitrogens with zero attached hydrogens (tertiary/aromatic N) is 3. The molecular weight excluding hydrogens is 250 g/mol. The zero-order valence-corrected chi connectivity index (χ0v) is 11.0. The number of aliphatic imine (C=N–C) groups is 2. The molecule has 0 saturated heterocycles. The van der Waals surface area contributed by atoms with Crippen LogP contribution in [0, 0.1) is 11.3 Å². The summed E-state index contributed by atoms with van der Waals surface area (Å²) >= 11 is 0. The van der Waals surface area contributed by atoms with Gasteiger partial charge in [-0.15, -0.1) is 0 Å². The SMILES string of the molecule is N#CC1=C/C=N\C=C/C=C\C=C/OC\C=C/C=C\C=N\1. The minimum Gasteiger partial charge on any atom is -0.497 e. The van der Waals surface area contributed by atoms with Gasteiger partial charge in [-0.3, -0.25) is 4.99 Å². The molecule has 100 valence electrons. The van der Waals surface area contributed by atoms with Gasteiger partial charge < -0.3 is 4.74 Å². The molecule has 0 saturated carbocycles. The molecule has 0 unspecified atom stereocenters. The topological polar surface area (TPSA) is 57.7 Å². The van der Waals surface area contributed by atoms with E-state index < -0.39 is 0 Å². The van der Waals surface area contributed by atoms with E-state index in [0.717, 1.165) is 0 Å². The van der Waals surface area contributed by atoms with E-state index in [9.17, 15) is 0 Å². The summed E-state index contributed by atoms with van der Waals surface area (Å²) in [4.78, 5) is 7.98. The third kappa shape index (κ3) is 8.20. The van der Waals surface area contributed by atoms with Gasteiger partial charge in [-0.25, -0.2) is 4.99 Å². The van der Waals surface area contributed by atoms with Crippen LogP contribution in [0.2, 0.25) is 0 Å². The van der Waals surface area contributed by atoms with Crippen LogP contribution in [0.1, 0.15) is 0 Å². The van der Waals surface area contributed by atoms with E-state index in [1.54, 1.807) is 43.0 Å². The molecule has 0 fully saturated rings. The average molecular weight is 265 g/mol. The molecule has 1 aliphatic rings. The monoisotopic (exact) mass is 265 g/mol. The van der Waals surface area contributed by atoms with Crippen molar-refractivity contribution in [3.63, 3.8) is 0 Å². The average Bonchev–Trinajstić information content (AvgIpc) is 2.47. The second kappa shape index (κ2) is 11.2. The molecule has 0 aromatic heterocycles. The van der Waals surface area contributed by atoms with E-state index >= 15 is 0 Å². The molecule has 0 amide bonds. The van der Waals surface area contributed by atoms with Crippen molar-refractivity contribution in [2.24, 2.45) is 9.98 Å². The lowest BCUT2D eigenvalue weighted by Crippen LogP contribution is -1.79. The van der Waals surface area contributed by atoms with Crippen molar-refractivity contribution < 1.29 is 4.74 Å². The summed E-state index contributed by atoms with van der Waals surface area (Å²) in [5.41, 5.74) is 0.290. The largest absolute Gasteiger partial charge is 0.497 e. The zero-order chi connectivity index (χ0) is 14.3. The Hall–Kier alpha value is -2.93.